The van der Waals surface area contributed by atoms with Crippen LogP contribution in [-0.4, -0.2) is 44.9 Å². The van der Waals surface area contributed by atoms with Crippen molar-refractivity contribution < 1.29 is 9.53 Å². The average molecular weight is 326 g/mol. The maximum atomic E-state index is 12.1. The van der Waals surface area contributed by atoms with Gasteiger partial charge in [-0.25, -0.2) is 0 Å². The largest absolute Gasteiger partial charge is 0.469 e. The second-order valence-electron chi connectivity index (χ2n) is 5.54. The summed E-state index contributed by atoms with van der Waals surface area (Å²) in [6.45, 7) is 2.43. The summed E-state index contributed by atoms with van der Waals surface area (Å²) in [7, 11) is 1.40. The zero-order valence-corrected chi connectivity index (χ0v) is 13.5. The van der Waals surface area contributed by atoms with E-state index in [-0.39, 0.29) is 11.9 Å². The van der Waals surface area contributed by atoms with Gasteiger partial charge in [0.25, 0.3) is 0 Å². The number of benzene rings is 1. The van der Waals surface area contributed by atoms with Gasteiger partial charge in [-0.15, -0.1) is 14.8 Å². The summed E-state index contributed by atoms with van der Waals surface area (Å²) in [6.07, 6.45) is 0.592. The van der Waals surface area contributed by atoms with Gasteiger partial charge in [0.15, 0.2) is 5.65 Å². The quantitative estimate of drug-likeness (QED) is 0.682. The van der Waals surface area contributed by atoms with Crippen LogP contribution in [0.15, 0.2) is 36.4 Å². The summed E-state index contributed by atoms with van der Waals surface area (Å²) in [5, 5.41) is 18.5. The molecule has 3 rings (SSSR count). The van der Waals surface area contributed by atoms with Crippen molar-refractivity contribution >= 4 is 17.4 Å². The van der Waals surface area contributed by atoms with Gasteiger partial charge in [0, 0.05) is 6.54 Å². The summed E-state index contributed by atoms with van der Waals surface area (Å²) >= 11 is 0. The van der Waals surface area contributed by atoms with Crippen molar-refractivity contribution in [2.45, 2.75) is 13.3 Å². The van der Waals surface area contributed by atoms with Gasteiger partial charge in [0.1, 0.15) is 5.82 Å². The number of carbonyl (C=O) groups is 1. The first kappa shape index (κ1) is 15.9. The molecule has 0 aliphatic carbocycles. The minimum Gasteiger partial charge on any atom is -0.469 e. The highest BCUT2D eigenvalue weighted by Crippen LogP contribution is 2.14. The van der Waals surface area contributed by atoms with E-state index in [2.05, 4.69) is 32.0 Å². The molecule has 1 aromatic carbocycles. The molecule has 0 spiro atoms. The van der Waals surface area contributed by atoms with Crippen molar-refractivity contribution in [2.75, 3.05) is 19.0 Å². The molecule has 1 atom stereocenters. The van der Waals surface area contributed by atoms with E-state index in [9.17, 15) is 4.79 Å². The normalized spacial score (nSPS) is 12.1. The molecule has 0 saturated carbocycles. The molecule has 0 aliphatic heterocycles. The molecule has 0 saturated heterocycles. The number of nitrogens with zero attached hydrogens (tertiary/aromatic N) is 5. The van der Waals surface area contributed by atoms with Gasteiger partial charge in [-0.05, 0) is 41.5 Å². The average Bonchev–Trinajstić information content (AvgIpc) is 3.05. The molecule has 0 radical (unpaired) electrons. The standard InChI is InChI=1S/C16H18N6O2/c1-11-4-3-5-12(8-11)9-13(16(23)24-2)10-17-14-6-7-15-18-20-21-22(15)19-14/h3-8,13H,9-10H2,1-2H3,(H,17,19). The Morgan fingerprint density at radius 3 is 3.00 bits per heavy atom. The lowest BCUT2D eigenvalue weighted by Crippen LogP contribution is -2.27. The van der Waals surface area contributed by atoms with E-state index < -0.39 is 0 Å². The minimum atomic E-state index is -0.317. The smallest absolute Gasteiger partial charge is 0.310 e. The highest BCUT2D eigenvalue weighted by molar-refractivity contribution is 5.73. The van der Waals surface area contributed by atoms with Crippen LogP contribution >= 0.6 is 0 Å². The number of rotatable bonds is 6. The number of hydrogen-bond acceptors (Lipinski definition) is 7. The predicted molar refractivity (Wildman–Crippen MR) is 87.5 cm³/mol. The number of methoxy groups -OCH3 is 1. The van der Waals surface area contributed by atoms with Crippen LogP contribution < -0.4 is 5.32 Å². The topological polar surface area (TPSA) is 94.3 Å². The number of nitrogens with one attached hydrogen (secondary N) is 1. The Morgan fingerprint density at radius 2 is 2.21 bits per heavy atom. The molecule has 1 N–H and O–H groups in total. The van der Waals surface area contributed by atoms with Crippen LogP contribution in [0.25, 0.3) is 5.65 Å². The number of hydrogen-bond donors (Lipinski definition) is 1. The van der Waals surface area contributed by atoms with Crippen molar-refractivity contribution in [3.05, 3.63) is 47.5 Å². The first-order valence-electron chi connectivity index (χ1n) is 7.58. The number of esters is 1. The molecule has 2 aromatic heterocycles. The first-order chi connectivity index (χ1) is 11.7. The van der Waals surface area contributed by atoms with Crippen LogP contribution in [0.1, 0.15) is 11.1 Å². The number of aromatic nitrogens is 5. The fourth-order valence-corrected chi connectivity index (χ4v) is 2.50. The van der Waals surface area contributed by atoms with Gasteiger partial charge in [-0.3, -0.25) is 4.79 Å². The van der Waals surface area contributed by atoms with Crippen molar-refractivity contribution in [1.82, 2.24) is 25.3 Å². The Balaban J connectivity index is 1.70. The van der Waals surface area contributed by atoms with Gasteiger partial charge in [-0.1, -0.05) is 29.8 Å². The summed E-state index contributed by atoms with van der Waals surface area (Å²) in [4.78, 5) is 12.1. The van der Waals surface area contributed by atoms with E-state index in [1.54, 1.807) is 12.1 Å². The lowest BCUT2D eigenvalue weighted by molar-refractivity contribution is -0.144. The van der Waals surface area contributed by atoms with Crippen LogP contribution in [0, 0.1) is 12.8 Å². The lowest BCUT2D eigenvalue weighted by Gasteiger charge is -2.16. The number of aryl methyl sites for hydroxylation is 1. The zero-order valence-electron chi connectivity index (χ0n) is 13.5. The molecule has 2 heterocycles. The maximum Gasteiger partial charge on any atom is 0.310 e. The van der Waals surface area contributed by atoms with Crippen LogP contribution in [0.4, 0.5) is 5.82 Å². The summed E-state index contributed by atoms with van der Waals surface area (Å²) in [6, 6.07) is 11.6. The Morgan fingerprint density at radius 1 is 1.33 bits per heavy atom. The van der Waals surface area contributed by atoms with E-state index in [0.717, 1.165) is 11.1 Å². The van der Waals surface area contributed by atoms with E-state index in [4.69, 9.17) is 4.74 Å². The third-order valence-corrected chi connectivity index (χ3v) is 3.70. The molecule has 8 nitrogen and oxygen atoms in total. The van der Waals surface area contributed by atoms with Crippen LogP contribution in [0.2, 0.25) is 0 Å². The van der Waals surface area contributed by atoms with Crippen molar-refractivity contribution in [3.8, 4) is 0 Å². The monoisotopic (exact) mass is 326 g/mol. The molecule has 0 aliphatic rings. The number of carbonyl (C=O) groups excluding carboxylic acids is 1. The molecular weight excluding hydrogens is 308 g/mol. The highest BCUT2D eigenvalue weighted by Gasteiger charge is 2.20. The number of ether oxygens (including phenoxy) is 1. The molecule has 0 amide bonds. The molecule has 0 bridgehead atoms. The third kappa shape index (κ3) is 3.65. The van der Waals surface area contributed by atoms with Gasteiger partial charge in [-0.2, -0.15) is 0 Å². The predicted octanol–water partition coefficient (Wildman–Crippen LogP) is 1.27. The fourth-order valence-electron chi connectivity index (χ4n) is 2.50. The second-order valence-corrected chi connectivity index (χ2v) is 5.54. The summed E-state index contributed by atoms with van der Waals surface area (Å²) < 4.78 is 6.25. The fraction of sp³-hybridized carbons (Fsp3) is 0.312. The lowest BCUT2D eigenvalue weighted by atomic mass is 9.98. The molecular formula is C16H18N6O2. The Labute approximate surface area is 138 Å². The molecule has 24 heavy (non-hydrogen) atoms. The Kier molecular flexibility index (Phi) is 4.64. The SMILES string of the molecule is COC(=O)C(CNc1ccc2nnnn2n1)Cc1cccc(C)c1. The summed E-state index contributed by atoms with van der Waals surface area (Å²) in [5.41, 5.74) is 2.82. The van der Waals surface area contributed by atoms with E-state index in [1.807, 2.05) is 25.1 Å². The number of fused-ring (bicyclic) bond motifs is 1. The molecule has 0 fully saturated rings. The number of anilines is 1. The van der Waals surface area contributed by atoms with Crippen molar-refractivity contribution in [2.24, 2.45) is 5.92 Å². The Bertz CT molecular complexity index is 847. The molecule has 8 heteroatoms. The van der Waals surface area contributed by atoms with Crippen molar-refractivity contribution in [1.29, 1.82) is 0 Å². The van der Waals surface area contributed by atoms with E-state index in [1.165, 1.54) is 11.7 Å². The minimum absolute atomic E-state index is 0.257. The molecule has 124 valence electrons. The summed E-state index contributed by atoms with van der Waals surface area (Å²) in [5.74, 6) is 0.0172. The third-order valence-electron chi connectivity index (χ3n) is 3.70. The van der Waals surface area contributed by atoms with Crippen LogP contribution in [0.5, 0.6) is 0 Å². The molecule has 3 aromatic rings. The first-order valence-corrected chi connectivity index (χ1v) is 7.58. The highest BCUT2D eigenvalue weighted by atomic mass is 16.5. The van der Waals surface area contributed by atoms with Crippen LogP contribution in [0.3, 0.4) is 0 Å². The number of tetrazole rings is 1. The maximum absolute atomic E-state index is 12.1. The van der Waals surface area contributed by atoms with Gasteiger partial charge in [0.05, 0.1) is 13.0 Å². The van der Waals surface area contributed by atoms with Crippen molar-refractivity contribution in [3.63, 3.8) is 0 Å². The zero-order chi connectivity index (χ0) is 16.9. The van der Waals surface area contributed by atoms with E-state index in [0.29, 0.717) is 24.4 Å². The van der Waals surface area contributed by atoms with E-state index >= 15 is 0 Å². The Hall–Kier alpha value is -3.03. The van der Waals surface area contributed by atoms with Crippen LogP contribution in [-0.2, 0) is 16.0 Å². The molecule has 1 unspecified atom stereocenters. The van der Waals surface area contributed by atoms with Gasteiger partial charge < -0.3 is 10.1 Å². The van der Waals surface area contributed by atoms with Gasteiger partial charge in [0.2, 0.25) is 0 Å². The second kappa shape index (κ2) is 7.03. The van der Waals surface area contributed by atoms with Gasteiger partial charge >= 0.3 is 5.97 Å².